The maximum absolute atomic E-state index is 8.44. The standard InChI is InChI=1S/C9H3Cl3N4/c10-7-1-5(2-8(11)9(7)12)15-16-6(3-13)4-14/h1-2,15H. The molecule has 0 heterocycles. The third-order valence-electron chi connectivity index (χ3n) is 1.49. The van der Waals surface area contributed by atoms with E-state index in [0.717, 1.165) is 0 Å². The van der Waals surface area contributed by atoms with Crippen molar-refractivity contribution in [3.05, 3.63) is 27.2 Å². The summed E-state index contributed by atoms with van der Waals surface area (Å²) in [6.07, 6.45) is 0. The van der Waals surface area contributed by atoms with Crippen molar-refractivity contribution in [3.8, 4) is 12.1 Å². The first-order valence-corrected chi connectivity index (χ1v) is 5.00. The highest BCUT2D eigenvalue weighted by molar-refractivity contribution is 6.48. The average Bonchev–Trinajstić information content (AvgIpc) is 2.27. The van der Waals surface area contributed by atoms with Crippen LogP contribution in [0.4, 0.5) is 5.69 Å². The highest BCUT2D eigenvalue weighted by atomic mass is 35.5. The van der Waals surface area contributed by atoms with Crippen molar-refractivity contribution >= 4 is 46.2 Å². The van der Waals surface area contributed by atoms with Gasteiger partial charge in [0, 0.05) is 0 Å². The molecule has 0 radical (unpaired) electrons. The number of hydrogen-bond donors (Lipinski definition) is 1. The molecule has 4 nitrogen and oxygen atoms in total. The van der Waals surface area contributed by atoms with E-state index in [1.54, 1.807) is 12.1 Å². The van der Waals surface area contributed by atoms with Gasteiger partial charge in [-0.1, -0.05) is 34.8 Å². The molecule has 0 saturated carbocycles. The lowest BCUT2D eigenvalue weighted by Gasteiger charge is -2.03. The van der Waals surface area contributed by atoms with Crippen molar-refractivity contribution in [2.24, 2.45) is 5.10 Å². The first-order chi connectivity index (χ1) is 7.58. The van der Waals surface area contributed by atoms with E-state index in [4.69, 9.17) is 45.3 Å². The Morgan fingerprint density at radius 2 is 1.62 bits per heavy atom. The van der Waals surface area contributed by atoms with E-state index in [-0.39, 0.29) is 20.8 Å². The zero-order chi connectivity index (χ0) is 12.1. The molecule has 0 unspecified atom stereocenters. The molecule has 0 amide bonds. The number of nitrogens with zero attached hydrogens (tertiary/aromatic N) is 3. The van der Waals surface area contributed by atoms with E-state index < -0.39 is 0 Å². The number of nitriles is 2. The lowest BCUT2D eigenvalue weighted by Crippen LogP contribution is -1.96. The minimum atomic E-state index is -0.304. The lowest BCUT2D eigenvalue weighted by molar-refractivity contribution is 1.34. The number of rotatable bonds is 2. The molecule has 16 heavy (non-hydrogen) atoms. The number of anilines is 1. The maximum Gasteiger partial charge on any atom is 0.237 e. The molecule has 1 rings (SSSR count). The third-order valence-corrected chi connectivity index (χ3v) is 2.69. The molecule has 1 N–H and O–H groups in total. The van der Waals surface area contributed by atoms with Crippen LogP contribution in [-0.2, 0) is 0 Å². The summed E-state index contributed by atoms with van der Waals surface area (Å²) in [7, 11) is 0. The highest BCUT2D eigenvalue weighted by Gasteiger charge is 2.05. The zero-order valence-electron chi connectivity index (χ0n) is 7.63. The van der Waals surface area contributed by atoms with E-state index >= 15 is 0 Å². The first-order valence-electron chi connectivity index (χ1n) is 3.87. The number of benzene rings is 1. The number of hydrazone groups is 1. The molecule has 0 fully saturated rings. The third kappa shape index (κ3) is 3.01. The van der Waals surface area contributed by atoms with Gasteiger partial charge >= 0.3 is 0 Å². The summed E-state index contributed by atoms with van der Waals surface area (Å²) in [5.41, 5.74) is 2.60. The number of hydrogen-bond acceptors (Lipinski definition) is 4. The van der Waals surface area contributed by atoms with Gasteiger partial charge in [-0.25, -0.2) is 0 Å². The van der Waals surface area contributed by atoms with Gasteiger partial charge in [-0.3, -0.25) is 5.43 Å². The second-order valence-corrected chi connectivity index (χ2v) is 3.74. The van der Waals surface area contributed by atoms with Gasteiger partial charge in [0.05, 0.1) is 20.8 Å². The van der Waals surface area contributed by atoms with Gasteiger partial charge in [-0.15, -0.1) is 0 Å². The summed E-state index contributed by atoms with van der Waals surface area (Å²) in [4.78, 5) is 0. The van der Waals surface area contributed by atoms with Gasteiger partial charge in [0.2, 0.25) is 5.71 Å². The Morgan fingerprint density at radius 1 is 1.12 bits per heavy atom. The van der Waals surface area contributed by atoms with Crippen molar-refractivity contribution in [1.82, 2.24) is 0 Å². The van der Waals surface area contributed by atoms with E-state index in [9.17, 15) is 0 Å². The van der Waals surface area contributed by atoms with Crippen LogP contribution < -0.4 is 5.43 Å². The van der Waals surface area contributed by atoms with Crippen molar-refractivity contribution in [1.29, 1.82) is 10.5 Å². The van der Waals surface area contributed by atoms with Crippen LogP contribution in [0, 0.1) is 22.7 Å². The summed E-state index contributed by atoms with van der Waals surface area (Å²) in [6.45, 7) is 0. The molecule has 0 spiro atoms. The molecular weight excluding hydrogens is 270 g/mol. The number of halogens is 3. The fraction of sp³-hybridized carbons (Fsp3) is 0. The normalized spacial score (nSPS) is 8.81. The van der Waals surface area contributed by atoms with Gasteiger partial charge in [0.1, 0.15) is 12.1 Å². The van der Waals surface area contributed by atoms with Gasteiger partial charge in [0.25, 0.3) is 0 Å². The van der Waals surface area contributed by atoms with Gasteiger partial charge in [0.15, 0.2) is 0 Å². The van der Waals surface area contributed by atoms with Crippen LogP contribution in [0.5, 0.6) is 0 Å². The Morgan fingerprint density at radius 3 is 2.06 bits per heavy atom. The Labute approximate surface area is 107 Å². The molecule has 0 aliphatic heterocycles. The molecule has 0 atom stereocenters. The zero-order valence-corrected chi connectivity index (χ0v) is 9.90. The molecule has 1 aromatic carbocycles. The maximum atomic E-state index is 8.44. The monoisotopic (exact) mass is 272 g/mol. The van der Waals surface area contributed by atoms with Crippen LogP contribution in [0.2, 0.25) is 15.1 Å². The van der Waals surface area contributed by atoms with Crippen LogP contribution in [0.15, 0.2) is 17.2 Å². The Kier molecular flexibility index (Phi) is 4.39. The SMILES string of the molecule is N#CC(C#N)=NNc1cc(Cl)c(Cl)c(Cl)c1. The van der Waals surface area contributed by atoms with Crippen molar-refractivity contribution < 1.29 is 0 Å². The van der Waals surface area contributed by atoms with Crippen LogP contribution in [0.1, 0.15) is 0 Å². The topological polar surface area (TPSA) is 72.0 Å². The summed E-state index contributed by atoms with van der Waals surface area (Å²) in [5, 5.41) is 21.1. The molecule has 0 aliphatic carbocycles. The molecular formula is C9H3Cl3N4. The van der Waals surface area contributed by atoms with E-state index in [0.29, 0.717) is 5.69 Å². The molecule has 0 saturated heterocycles. The smallest absolute Gasteiger partial charge is 0.237 e. The molecule has 0 aromatic heterocycles. The molecule has 0 bridgehead atoms. The highest BCUT2D eigenvalue weighted by Crippen LogP contribution is 2.33. The van der Waals surface area contributed by atoms with E-state index in [1.807, 2.05) is 0 Å². The summed E-state index contributed by atoms with van der Waals surface area (Å²) >= 11 is 17.3. The largest absolute Gasteiger partial charge is 0.276 e. The van der Waals surface area contributed by atoms with Crippen LogP contribution in [-0.4, -0.2) is 5.71 Å². The Bertz CT molecular complexity index is 486. The summed E-state index contributed by atoms with van der Waals surface area (Å²) < 4.78 is 0. The molecule has 1 aromatic rings. The first kappa shape index (κ1) is 12.6. The van der Waals surface area contributed by atoms with Gasteiger partial charge in [-0.2, -0.15) is 15.6 Å². The summed E-state index contributed by atoms with van der Waals surface area (Å²) in [5.74, 6) is 0. The predicted octanol–water partition coefficient (Wildman–Crippen LogP) is 3.46. The average molecular weight is 274 g/mol. The van der Waals surface area contributed by atoms with Crippen molar-refractivity contribution in [2.75, 3.05) is 5.43 Å². The number of nitrogens with one attached hydrogen (secondary N) is 1. The lowest BCUT2D eigenvalue weighted by atomic mass is 10.3. The molecule has 7 heteroatoms. The van der Waals surface area contributed by atoms with Crippen molar-refractivity contribution in [3.63, 3.8) is 0 Å². The quantitative estimate of drug-likeness (QED) is 0.509. The van der Waals surface area contributed by atoms with Crippen LogP contribution >= 0.6 is 34.8 Å². The fourth-order valence-corrected chi connectivity index (χ4v) is 1.41. The second-order valence-electron chi connectivity index (χ2n) is 2.55. The minimum Gasteiger partial charge on any atom is -0.276 e. The van der Waals surface area contributed by atoms with Crippen LogP contribution in [0.25, 0.3) is 0 Å². The Hall–Kier alpha value is -1.46. The van der Waals surface area contributed by atoms with E-state index in [2.05, 4.69) is 10.5 Å². The van der Waals surface area contributed by atoms with E-state index in [1.165, 1.54) is 12.1 Å². The minimum absolute atomic E-state index is 0.235. The molecule has 80 valence electrons. The fourth-order valence-electron chi connectivity index (χ4n) is 0.816. The molecule has 0 aliphatic rings. The van der Waals surface area contributed by atoms with Gasteiger partial charge < -0.3 is 0 Å². The predicted molar refractivity (Wildman–Crippen MR) is 63.8 cm³/mol. The van der Waals surface area contributed by atoms with Gasteiger partial charge in [-0.05, 0) is 12.1 Å². The van der Waals surface area contributed by atoms with Crippen LogP contribution in [0.3, 0.4) is 0 Å². The van der Waals surface area contributed by atoms with Crippen molar-refractivity contribution in [2.45, 2.75) is 0 Å². The second kappa shape index (κ2) is 5.58. The summed E-state index contributed by atoms with van der Waals surface area (Å²) in [6, 6.07) is 6.15. The Balaban J connectivity index is 2.98.